The number of aromatic nitrogens is 2. The van der Waals surface area contributed by atoms with Crippen molar-refractivity contribution in [1.29, 1.82) is 0 Å². The molecule has 4 nitrogen and oxygen atoms in total. The van der Waals surface area contributed by atoms with E-state index in [1.807, 2.05) is 33.3 Å². The molecule has 0 radical (unpaired) electrons. The average molecular weight is 277 g/mol. The number of hydrogen-bond donors (Lipinski definition) is 1. The molecular formula is C15H20FN3O. The zero-order chi connectivity index (χ0) is 14.5. The van der Waals surface area contributed by atoms with Crippen LogP contribution in [0.1, 0.15) is 24.1 Å². The van der Waals surface area contributed by atoms with E-state index in [9.17, 15) is 4.39 Å². The maximum absolute atomic E-state index is 13.9. The summed E-state index contributed by atoms with van der Waals surface area (Å²) in [6.45, 7) is 2.42. The van der Waals surface area contributed by atoms with Crippen LogP contribution in [0.4, 0.5) is 4.39 Å². The van der Waals surface area contributed by atoms with Gasteiger partial charge in [-0.15, -0.1) is 0 Å². The first-order chi connectivity index (χ1) is 9.60. The highest BCUT2D eigenvalue weighted by Gasteiger charge is 2.08. The van der Waals surface area contributed by atoms with Crippen LogP contribution in [0.25, 0.3) is 0 Å². The molecule has 0 saturated carbocycles. The van der Waals surface area contributed by atoms with E-state index in [0.29, 0.717) is 18.8 Å². The minimum absolute atomic E-state index is 0.119. The lowest BCUT2D eigenvalue weighted by Gasteiger charge is -2.12. The second kappa shape index (κ2) is 6.52. The number of ether oxygens (including phenoxy) is 1. The van der Waals surface area contributed by atoms with Crippen molar-refractivity contribution in [3.05, 3.63) is 47.5 Å². The van der Waals surface area contributed by atoms with Gasteiger partial charge in [0.25, 0.3) is 0 Å². The van der Waals surface area contributed by atoms with Crippen LogP contribution < -0.4 is 10.1 Å². The molecule has 0 aliphatic carbocycles. The van der Waals surface area contributed by atoms with Gasteiger partial charge in [-0.1, -0.05) is 6.07 Å². The summed E-state index contributed by atoms with van der Waals surface area (Å²) in [6.07, 6.45) is 4.43. The fourth-order valence-electron chi connectivity index (χ4n) is 1.95. The Hall–Kier alpha value is -1.88. The molecule has 0 fully saturated rings. The molecule has 0 aliphatic rings. The number of rotatable bonds is 6. The predicted octanol–water partition coefficient (Wildman–Crippen LogP) is 2.46. The van der Waals surface area contributed by atoms with Gasteiger partial charge in [0.1, 0.15) is 0 Å². The zero-order valence-corrected chi connectivity index (χ0v) is 12.1. The minimum Gasteiger partial charge on any atom is -0.490 e. The van der Waals surface area contributed by atoms with Gasteiger partial charge in [0.05, 0.1) is 12.8 Å². The van der Waals surface area contributed by atoms with Crippen LogP contribution in [-0.2, 0) is 13.5 Å². The number of nitrogens with zero attached hydrogens (tertiary/aromatic N) is 2. The lowest BCUT2D eigenvalue weighted by atomic mass is 10.1. The van der Waals surface area contributed by atoms with E-state index in [0.717, 1.165) is 11.1 Å². The largest absolute Gasteiger partial charge is 0.490 e. The summed E-state index contributed by atoms with van der Waals surface area (Å²) in [4.78, 5) is 0. The van der Waals surface area contributed by atoms with E-state index in [1.54, 1.807) is 16.9 Å². The fraction of sp³-hybridized carbons (Fsp3) is 0.400. The molecule has 1 unspecified atom stereocenters. The Balaban J connectivity index is 1.93. The van der Waals surface area contributed by atoms with Gasteiger partial charge in [0.15, 0.2) is 11.6 Å². The van der Waals surface area contributed by atoms with Crippen molar-refractivity contribution in [2.24, 2.45) is 7.05 Å². The number of halogens is 1. The van der Waals surface area contributed by atoms with E-state index < -0.39 is 0 Å². The van der Waals surface area contributed by atoms with E-state index in [4.69, 9.17) is 4.74 Å². The van der Waals surface area contributed by atoms with E-state index in [2.05, 4.69) is 10.4 Å². The number of hydrogen-bond acceptors (Lipinski definition) is 3. The van der Waals surface area contributed by atoms with Crippen molar-refractivity contribution in [2.75, 3.05) is 13.7 Å². The van der Waals surface area contributed by atoms with Crippen LogP contribution >= 0.6 is 0 Å². The van der Waals surface area contributed by atoms with Gasteiger partial charge in [-0.25, -0.2) is 4.39 Å². The molecule has 1 atom stereocenters. The van der Waals surface area contributed by atoms with Gasteiger partial charge < -0.3 is 10.1 Å². The highest BCUT2D eigenvalue weighted by Crippen LogP contribution is 2.22. The third kappa shape index (κ3) is 3.57. The quantitative estimate of drug-likeness (QED) is 0.881. The van der Waals surface area contributed by atoms with Crippen molar-refractivity contribution in [1.82, 2.24) is 15.1 Å². The highest BCUT2D eigenvalue weighted by molar-refractivity contribution is 5.30. The normalized spacial score (nSPS) is 12.4. The molecule has 0 spiro atoms. The highest BCUT2D eigenvalue weighted by atomic mass is 19.1. The lowest BCUT2D eigenvalue weighted by molar-refractivity contribution is 0.305. The molecule has 5 heteroatoms. The molecule has 0 amide bonds. The van der Waals surface area contributed by atoms with Crippen LogP contribution in [0, 0.1) is 5.82 Å². The monoisotopic (exact) mass is 277 g/mol. The Morgan fingerprint density at radius 1 is 1.45 bits per heavy atom. The van der Waals surface area contributed by atoms with Crippen molar-refractivity contribution < 1.29 is 9.13 Å². The van der Waals surface area contributed by atoms with Crippen molar-refractivity contribution in [2.45, 2.75) is 19.4 Å². The molecule has 0 aliphatic heterocycles. The fourth-order valence-corrected chi connectivity index (χ4v) is 1.95. The molecule has 0 bridgehead atoms. The summed E-state index contributed by atoms with van der Waals surface area (Å²) in [5, 5.41) is 7.16. The van der Waals surface area contributed by atoms with Crippen LogP contribution in [0.15, 0.2) is 30.6 Å². The molecular weight excluding hydrogens is 257 g/mol. The first-order valence-electron chi connectivity index (χ1n) is 6.67. The summed E-state index contributed by atoms with van der Waals surface area (Å²) in [6, 6.07) is 5.19. The third-order valence-corrected chi connectivity index (χ3v) is 3.30. The van der Waals surface area contributed by atoms with Crippen molar-refractivity contribution in [3.8, 4) is 5.75 Å². The summed E-state index contributed by atoms with van der Waals surface area (Å²) >= 11 is 0. The minimum atomic E-state index is -0.323. The Labute approximate surface area is 118 Å². The van der Waals surface area contributed by atoms with Crippen molar-refractivity contribution in [3.63, 3.8) is 0 Å². The van der Waals surface area contributed by atoms with Gasteiger partial charge in [0.2, 0.25) is 0 Å². The van der Waals surface area contributed by atoms with Crippen molar-refractivity contribution >= 4 is 0 Å². The summed E-state index contributed by atoms with van der Waals surface area (Å²) in [5.74, 6) is -0.0308. The van der Waals surface area contributed by atoms with Crippen LogP contribution in [0.3, 0.4) is 0 Å². The molecule has 1 heterocycles. The predicted molar refractivity (Wildman–Crippen MR) is 76.3 cm³/mol. The van der Waals surface area contributed by atoms with Gasteiger partial charge in [-0.05, 0) is 37.2 Å². The number of benzene rings is 1. The number of nitrogens with one attached hydrogen (secondary N) is 1. The van der Waals surface area contributed by atoms with E-state index >= 15 is 0 Å². The Morgan fingerprint density at radius 3 is 2.85 bits per heavy atom. The Kier molecular flexibility index (Phi) is 4.74. The average Bonchev–Trinajstić information content (AvgIpc) is 2.85. The lowest BCUT2D eigenvalue weighted by Crippen LogP contribution is -2.12. The standard InChI is InChI=1S/C15H20FN3O/c1-11(17-2)13-4-5-15(14(16)8-13)20-7-6-12-9-18-19(3)10-12/h4-5,8-11,17H,6-7H2,1-3H3. The first-order valence-corrected chi connectivity index (χ1v) is 6.67. The molecule has 2 aromatic rings. The maximum atomic E-state index is 13.9. The Morgan fingerprint density at radius 2 is 2.25 bits per heavy atom. The molecule has 0 saturated heterocycles. The summed E-state index contributed by atoms with van der Waals surface area (Å²) < 4.78 is 21.1. The zero-order valence-electron chi connectivity index (χ0n) is 12.1. The van der Waals surface area contributed by atoms with Crippen LogP contribution in [-0.4, -0.2) is 23.4 Å². The maximum Gasteiger partial charge on any atom is 0.165 e. The second-order valence-electron chi connectivity index (χ2n) is 4.82. The van der Waals surface area contributed by atoms with E-state index in [1.165, 1.54) is 6.07 Å². The van der Waals surface area contributed by atoms with Gasteiger partial charge in [0, 0.05) is 25.7 Å². The van der Waals surface area contributed by atoms with E-state index in [-0.39, 0.29) is 11.9 Å². The molecule has 108 valence electrons. The van der Waals surface area contributed by atoms with Gasteiger partial charge in [-0.3, -0.25) is 4.68 Å². The van der Waals surface area contributed by atoms with Gasteiger partial charge >= 0.3 is 0 Å². The smallest absolute Gasteiger partial charge is 0.165 e. The first kappa shape index (κ1) is 14.5. The SMILES string of the molecule is CNC(C)c1ccc(OCCc2cnn(C)c2)c(F)c1. The second-order valence-corrected chi connectivity index (χ2v) is 4.82. The van der Waals surface area contributed by atoms with Gasteiger partial charge in [-0.2, -0.15) is 5.10 Å². The Bertz CT molecular complexity index is 568. The van der Waals surface area contributed by atoms with Crippen LogP contribution in [0.5, 0.6) is 5.75 Å². The molecule has 20 heavy (non-hydrogen) atoms. The molecule has 1 aromatic carbocycles. The number of aryl methyl sites for hydroxylation is 1. The molecule has 1 N–H and O–H groups in total. The topological polar surface area (TPSA) is 39.1 Å². The third-order valence-electron chi connectivity index (χ3n) is 3.30. The summed E-state index contributed by atoms with van der Waals surface area (Å²) in [7, 11) is 3.71. The molecule has 2 rings (SSSR count). The molecule has 1 aromatic heterocycles. The summed E-state index contributed by atoms with van der Waals surface area (Å²) in [5.41, 5.74) is 1.98. The van der Waals surface area contributed by atoms with Crippen LogP contribution in [0.2, 0.25) is 0 Å².